The average Bonchev–Trinajstić information content (AvgIpc) is 2.97. The zero-order chi connectivity index (χ0) is 15.3. The van der Waals surface area contributed by atoms with Gasteiger partial charge in [-0.15, -0.1) is 0 Å². The number of halogens is 3. The van der Waals surface area contributed by atoms with Crippen LogP contribution in [0.5, 0.6) is 0 Å². The van der Waals surface area contributed by atoms with Crippen molar-refractivity contribution >= 4 is 17.3 Å². The molecule has 3 atom stereocenters. The minimum atomic E-state index is -0.304. The van der Waals surface area contributed by atoms with Crippen molar-refractivity contribution in [3.05, 3.63) is 76.3 Å². The molecule has 0 saturated heterocycles. The van der Waals surface area contributed by atoms with Crippen molar-refractivity contribution in [3.63, 3.8) is 0 Å². The molecule has 1 aliphatic heterocycles. The van der Waals surface area contributed by atoms with Crippen LogP contribution in [0.3, 0.4) is 0 Å². The molecule has 4 rings (SSSR count). The van der Waals surface area contributed by atoms with Gasteiger partial charge in [0.2, 0.25) is 0 Å². The third-order valence-corrected chi connectivity index (χ3v) is 4.97. The lowest BCUT2D eigenvalue weighted by Crippen LogP contribution is -2.30. The first-order chi connectivity index (χ1) is 10.6. The largest absolute Gasteiger partial charge is 0.378 e. The Morgan fingerprint density at radius 1 is 1.14 bits per heavy atom. The van der Waals surface area contributed by atoms with Crippen LogP contribution in [0, 0.1) is 17.6 Å². The van der Waals surface area contributed by atoms with E-state index in [9.17, 15) is 8.78 Å². The lowest BCUT2D eigenvalue weighted by molar-refractivity contribution is 0.412. The summed E-state index contributed by atoms with van der Waals surface area (Å²) in [5, 5.41) is 3.79. The quantitative estimate of drug-likeness (QED) is 0.690. The molecule has 0 fully saturated rings. The number of allylic oxidation sites excluding steroid dienone is 2. The Hall–Kier alpha value is -1.87. The van der Waals surface area contributed by atoms with Gasteiger partial charge in [-0.3, -0.25) is 0 Å². The highest BCUT2D eigenvalue weighted by Crippen LogP contribution is 2.51. The molecule has 1 heterocycles. The fourth-order valence-corrected chi connectivity index (χ4v) is 3.94. The first-order valence-electron chi connectivity index (χ1n) is 7.31. The minimum absolute atomic E-state index is 0.0904. The summed E-state index contributed by atoms with van der Waals surface area (Å²) >= 11 is 6.25. The third kappa shape index (κ3) is 2.03. The zero-order valence-electron chi connectivity index (χ0n) is 11.7. The lowest BCUT2D eigenvalue weighted by Gasteiger charge is -2.37. The van der Waals surface area contributed by atoms with E-state index in [0.717, 1.165) is 17.7 Å². The first-order valence-corrected chi connectivity index (χ1v) is 7.69. The van der Waals surface area contributed by atoms with Crippen LogP contribution in [-0.2, 0) is 0 Å². The molecule has 0 saturated carbocycles. The van der Waals surface area contributed by atoms with E-state index in [4.69, 9.17) is 11.6 Å². The van der Waals surface area contributed by atoms with Crippen LogP contribution in [0.2, 0.25) is 5.02 Å². The number of benzene rings is 2. The molecule has 1 N–H and O–H groups in total. The Bertz CT molecular complexity index is 751. The second-order valence-electron chi connectivity index (χ2n) is 5.84. The molecule has 22 heavy (non-hydrogen) atoms. The summed E-state index contributed by atoms with van der Waals surface area (Å²) in [6, 6.07) is 9.23. The summed E-state index contributed by atoms with van der Waals surface area (Å²) in [4.78, 5) is 0. The van der Waals surface area contributed by atoms with Gasteiger partial charge in [0.1, 0.15) is 11.6 Å². The summed E-state index contributed by atoms with van der Waals surface area (Å²) < 4.78 is 27.9. The van der Waals surface area contributed by atoms with Gasteiger partial charge in [-0.05, 0) is 48.2 Å². The van der Waals surface area contributed by atoms with E-state index >= 15 is 0 Å². The van der Waals surface area contributed by atoms with Crippen molar-refractivity contribution in [2.45, 2.75) is 18.4 Å². The van der Waals surface area contributed by atoms with Gasteiger partial charge in [-0.25, -0.2) is 8.78 Å². The summed E-state index contributed by atoms with van der Waals surface area (Å²) in [5.74, 6) is -0.320. The zero-order valence-corrected chi connectivity index (χ0v) is 12.4. The maximum atomic E-state index is 14.3. The molecule has 0 radical (unpaired) electrons. The lowest BCUT2D eigenvalue weighted by atomic mass is 9.77. The summed E-state index contributed by atoms with van der Waals surface area (Å²) in [7, 11) is 0. The SMILES string of the molecule is Fc1ccc2c(c1)[C@@H]1C=CC[C@@H]1[C@H](c1c(F)cccc1Cl)N2. The number of anilines is 1. The second-order valence-corrected chi connectivity index (χ2v) is 6.25. The first kappa shape index (κ1) is 13.8. The molecule has 0 aromatic heterocycles. The van der Waals surface area contributed by atoms with E-state index in [1.807, 2.05) is 0 Å². The molecule has 1 nitrogen and oxygen atoms in total. The topological polar surface area (TPSA) is 12.0 Å². The number of rotatable bonds is 1. The van der Waals surface area contributed by atoms with Crippen LogP contribution in [0.15, 0.2) is 48.6 Å². The van der Waals surface area contributed by atoms with Crippen LogP contribution >= 0.6 is 11.6 Å². The fourth-order valence-electron chi connectivity index (χ4n) is 3.66. The molecular weight excluding hydrogens is 304 g/mol. The average molecular weight is 318 g/mol. The molecular formula is C18H14ClF2N. The van der Waals surface area contributed by atoms with Crippen LogP contribution in [-0.4, -0.2) is 0 Å². The molecule has 0 bridgehead atoms. The third-order valence-electron chi connectivity index (χ3n) is 4.64. The Morgan fingerprint density at radius 3 is 2.82 bits per heavy atom. The van der Waals surface area contributed by atoms with Gasteiger partial charge in [-0.2, -0.15) is 0 Å². The molecule has 4 heteroatoms. The van der Waals surface area contributed by atoms with Crippen molar-refractivity contribution in [1.29, 1.82) is 0 Å². The molecule has 2 aromatic carbocycles. The molecule has 0 amide bonds. The predicted molar refractivity (Wildman–Crippen MR) is 84.2 cm³/mol. The van der Waals surface area contributed by atoms with Crippen LogP contribution in [0.25, 0.3) is 0 Å². The Labute approximate surface area is 132 Å². The molecule has 2 aliphatic rings. The van der Waals surface area contributed by atoms with Gasteiger partial charge in [0.05, 0.1) is 6.04 Å². The molecule has 0 spiro atoms. The molecule has 112 valence electrons. The maximum Gasteiger partial charge on any atom is 0.129 e. The van der Waals surface area contributed by atoms with Crippen molar-refractivity contribution in [2.75, 3.05) is 5.32 Å². The van der Waals surface area contributed by atoms with Crippen LogP contribution < -0.4 is 5.32 Å². The van der Waals surface area contributed by atoms with E-state index in [-0.39, 0.29) is 29.5 Å². The van der Waals surface area contributed by atoms with Crippen LogP contribution in [0.4, 0.5) is 14.5 Å². The summed E-state index contributed by atoms with van der Waals surface area (Å²) in [6.45, 7) is 0. The maximum absolute atomic E-state index is 14.3. The number of hydrogen-bond donors (Lipinski definition) is 1. The van der Waals surface area contributed by atoms with Gasteiger partial charge in [-0.1, -0.05) is 29.8 Å². The molecule has 2 aromatic rings. The second kappa shape index (κ2) is 5.10. The van der Waals surface area contributed by atoms with Gasteiger partial charge in [0.15, 0.2) is 0 Å². The van der Waals surface area contributed by atoms with Gasteiger partial charge >= 0.3 is 0 Å². The Balaban J connectivity index is 1.85. The van der Waals surface area contributed by atoms with E-state index in [1.165, 1.54) is 12.1 Å². The Kier molecular flexibility index (Phi) is 3.19. The number of hydrogen-bond acceptors (Lipinski definition) is 1. The van der Waals surface area contributed by atoms with E-state index in [0.29, 0.717) is 10.6 Å². The highest BCUT2D eigenvalue weighted by molar-refractivity contribution is 6.31. The standard InChI is InChI=1S/C18H14ClF2N/c19-14-5-2-6-15(21)17(14)18-12-4-1-3-11(12)13-9-10(20)7-8-16(13)22-18/h1-3,5-9,11-12,18,22H,4H2/t11-,12+,18-/m1/s1. The fraction of sp³-hybridized carbons (Fsp3) is 0.222. The van der Waals surface area contributed by atoms with Gasteiger partial charge in [0, 0.05) is 22.2 Å². The van der Waals surface area contributed by atoms with E-state index in [1.54, 1.807) is 24.3 Å². The minimum Gasteiger partial charge on any atom is -0.378 e. The normalized spacial score (nSPS) is 25.5. The number of fused-ring (bicyclic) bond motifs is 3. The van der Waals surface area contributed by atoms with E-state index in [2.05, 4.69) is 17.5 Å². The molecule has 0 unspecified atom stereocenters. The van der Waals surface area contributed by atoms with Gasteiger partial charge in [0.25, 0.3) is 0 Å². The highest BCUT2D eigenvalue weighted by Gasteiger charge is 2.39. The van der Waals surface area contributed by atoms with Crippen LogP contribution in [0.1, 0.15) is 29.5 Å². The molecule has 1 aliphatic carbocycles. The summed E-state index contributed by atoms with van der Waals surface area (Å²) in [5.41, 5.74) is 2.28. The van der Waals surface area contributed by atoms with Gasteiger partial charge < -0.3 is 5.32 Å². The van der Waals surface area contributed by atoms with Crippen molar-refractivity contribution in [2.24, 2.45) is 5.92 Å². The van der Waals surface area contributed by atoms with E-state index < -0.39 is 0 Å². The monoisotopic (exact) mass is 317 g/mol. The highest BCUT2D eigenvalue weighted by atomic mass is 35.5. The van der Waals surface area contributed by atoms with Crippen molar-refractivity contribution in [3.8, 4) is 0 Å². The number of nitrogens with one attached hydrogen (secondary N) is 1. The van der Waals surface area contributed by atoms with Crippen molar-refractivity contribution < 1.29 is 8.78 Å². The van der Waals surface area contributed by atoms with Crippen molar-refractivity contribution in [1.82, 2.24) is 0 Å². The Morgan fingerprint density at radius 2 is 2.00 bits per heavy atom. The predicted octanol–water partition coefficient (Wildman–Crippen LogP) is 5.44. The summed E-state index contributed by atoms with van der Waals surface area (Å²) in [6.07, 6.45) is 4.99. The smallest absolute Gasteiger partial charge is 0.129 e.